The molecule has 1 aromatic heterocycles. The lowest BCUT2D eigenvalue weighted by Crippen LogP contribution is -2.27. The van der Waals surface area contributed by atoms with Crippen molar-refractivity contribution < 1.29 is 14.6 Å². The van der Waals surface area contributed by atoms with Crippen molar-refractivity contribution in [3.8, 4) is 17.0 Å². The fourth-order valence-electron chi connectivity index (χ4n) is 2.54. The average Bonchev–Trinajstić information content (AvgIpc) is 3.06. The van der Waals surface area contributed by atoms with Crippen molar-refractivity contribution in [1.82, 2.24) is 4.98 Å². The average molecular weight is 353 g/mol. The van der Waals surface area contributed by atoms with Crippen LogP contribution in [0.3, 0.4) is 0 Å². The van der Waals surface area contributed by atoms with Gasteiger partial charge < -0.3 is 9.84 Å². The largest absolute Gasteiger partial charge is 0.479 e. The summed E-state index contributed by atoms with van der Waals surface area (Å²) >= 11 is 1.60. The summed E-state index contributed by atoms with van der Waals surface area (Å²) in [4.78, 5) is 15.9. The van der Waals surface area contributed by atoms with Crippen molar-refractivity contribution >= 4 is 17.3 Å². The van der Waals surface area contributed by atoms with Gasteiger partial charge in [0.05, 0.1) is 10.7 Å². The van der Waals surface area contributed by atoms with Crippen LogP contribution in [0, 0.1) is 6.92 Å². The van der Waals surface area contributed by atoms with Crippen molar-refractivity contribution in [3.63, 3.8) is 0 Å². The molecule has 0 radical (unpaired) electrons. The second-order valence-electron chi connectivity index (χ2n) is 5.75. The topological polar surface area (TPSA) is 59.4 Å². The molecule has 0 spiro atoms. The van der Waals surface area contributed by atoms with Gasteiger partial charge in [-0.1, -0.05) is 30.3 Å². The number of carboxylic acids is 1. The van der Waals surface area contributed by atoms with E-state index in [-0.39, 0.29) is 0 Å². The van der Waals surface area contributed by atoms with Gasteiger partial charge in [0, 0.05) is 10.9 Å². The summed E-state index contributed by atoms with van der Waals surface area (Å²) in [6, 6.07) is 17.2. The molecule has 0 amide bonds. The van der Waals surface area contributed by atoms with Gasteiger partial charge in [-0.15, -0.1) is 11.3 Å². The molecule has 0 fully saturated rings. The Morgan fingerprint density at radius 1 is 1.16 bits per heavy atom. The van der Waals surface area contributed by atoms with Crippen LogP contribution < -0.4 is 4.74 Å². The number of nitrogens with zero attached hydrogens (tertiary/aromatic N) is 1. The Hall–Kier alpha value is -2.66. The molecule has 128 valence electrons. The molecule has 0 bridgehead atoms. The number of rotatable bonds is 7. The lowest BCUT2D eigenvalue weighted by atomic mass is 10.1. The number of thiazole rings is 1. The third-order valence-corrected chi connectivity index (χ3v) is 4.63. The standard InChI is InChI=1S/C20H19NO3S/c1-14-21-18(13-25-14)16-8-10-17(11-9-16)24-19(20(22)23)12-7-15-5-3-2-4-6-15/h2-6,8-11,13,19H,7,12H2,1H3,(H,22,23)/t19-/m0/s1. The molecule has 5 heteroatoms. The molecule has 0 aliphatic carbocycles. The summed E-state index contributed by atoms with van der Waals surface area (Å²) in [6.07, 6.45) is 0.216. The van der Waals surface area contributed by atoms with Crippen molar-refractivity contribution in [2.24, 2.45) is 0 Å². The number of hydrogen-bond acceptors (Lipinski definition) is 4. The summed E-state index contributed by atoms with van der Waals surface area (Å²) < 4.78 is 5.68. The smallest absolute Gasteiger partial charge is 0.344 e. The van der Waals surface area contributed by atoms with Crippen LogP contribution in [0.2, 0.25) is 0 Å². The zero-order valence-electron chi connectivity index (χ0n) is 13.9. The van der Waals surface area contributed by atoms with Gasteiger partial charge in [-0.2, -0.15) is 0 Å². The van der Waals surface area contributed by atoms with E-state index in [9.17, 15) is 9.90 Å². The first-order valence-electron chi connectivity index (χ1n) is 8.08. The van der Waals surface area contributed by atoms with Crippen LogP contribution in [0.5, 0.6) is 5.75 Å². The Bertz CT molecular complexity index is 828. The van der Waals surface area contributed by atoms with E-state index >= 15 is 0 Å². The molecule has 1 atom stereocenters. The monoisotopic (exact) mass is 353 g/mol. The number of aliphatic carboxylic acids is 1. The van der Waals surface area contributed by atoms with E-state index in [2.05, 4.69) is 4.98 Å². The number of carboxylic acid groups (broad SMARTS) is 1. The van der Waals surface area contributed by atoms with Gasteiger partial charge in [-0.3, -0.25) is 0 Å². The molecular weight excluding hydrogens is 334 g/mol. The number of ether oxygens (including phenoxy) is 1. The highest BCUT2D eigenvalue weighted by Gasteiger charge is 2.19. The third kappa shape index (κ3) is 4.67. The van der Waals surface area contributed by atoms with Crippen molar-refractivity contribution in [2.45, 2.75) is 25.9 Å². The van der Waals surface area contributed by atoms with Crippen LogP contribution in [0.15, 0.2) is 60.0 Å². The Morgan fingerprint density at radius 2 is 1.88 bits per heavy atom. The maximum atomic E-state index is 11.5. The number of benzene rings is 2. The minimum atomic E-state index is -0.949. The SMILES string of the molecule is Cc1nc(-c2ccc(O[C@@H](CCc3ccccc3)C(=O)O)cc2)cs1. The Morgan fingerprint density at radius 3 is 2.48 bits per heavy atom. The van der Waals surface area contributed by atoms with Gasteiger partial charge >= 0.3 is 5.97 Å². The molecule has 25 heavy (non-hydrogen) atoms. The maximum Gasteiger partial charge on any atom is 0.344 e. The minimum Gasteiger partial charge on any atom is -0.479 e. The molecule has 1 N–H and O–H groups in total. The van der Waals surface area contributed by atoms with Crippen LogP contribution in [0.4, 0.5) is 0 Å². The van der Waals surface area contributed by atoms with Crippen LogP contribution in [-0.2, 0) is 11.2 Å². The fraction of sp³-hybridized carbons (Fsp3) is 0.200. The van der Waals surface area contributed by atoms with Crippen LogP contribution in [-0.4, -0.2) is 22.2 Å². The third-order valence-electron chi connectivity index (χ3n) is 3.86. The van der Waals surface area contributed by atoms with Gasteiger partial charge in [0.1, 0.15) is 5.75 Å². The number of aryl methyl sites for hydroxylation is 2. The first-order chi connectivity index (χ1) is 12.1. The molecule has 0 saturated carbocycles. The lowest BCUT2D eigenvalue weighted by molar-refractivity contribution is -0.145. The van der Waals surface area contributed by atoms with Gasteiger partial charge in [-0.25, -0.2) is 9.78 Å². The van der Waals surface area contributed by atoms with E-state index < -0.39 is 12.1 Å². The summed E-state index contributed by atoms with van der Waals surface area (Å²) in [5.41, 5.74) is 3.02. The van der Waals surface area contributed by atoms with E-state index in [1.54, 1.807) is 23.5 Å². The van der Waals surface area contributed by atoms with E-state index in [0.717, 1.165) is 21.8 Å². The molecule has 0 saturated heterocycles. The first-order valence-corrected chi connectivity index (χ1v) is 8.96. The highest BCUT2D eigenvalue weighted by Crippen LogP contribution is 2.24. The van der Waals surface area contributed by atoms with Gasteiger partial charge in [0.25, 0.3) is 0 Å². The quantitative estimate of drug-likeness (QED) is 0.675. The molecule has 3 aromatic rings. The van der Waals surface area contributed by atoms with E-state index in [0.29, 0.717) is 18.6 Å². The summed E-state index contributed by atoms with van der Waals surface area (Å²) in [6.45, 7) is 1.97. The van der Waals surface area contributed by atoms with Gasteiger partial charge in [0.15, 0.2) is 6.10 Å². The van der Waals surface area contributed by atoms with E-state index in [1.807, 2.05) is 54.8 Å². The number of aromatic nitrogens is 1. The lowest BCUT2D eigenvalue weighted by Gasteiger charge is -2.15. The van der Waals surface area contributed by atoms with Crippen LogP contribution in [0.25, 0.3) is 11.3 Å². The van der Waals surface area contributed by atoms with E-state index in [1.165, 1.54) is 0 Å². The van der Waals surface area contributed by atoms with Gasteiger partial charge in [-0.05, 0) is 49.6 Å². The Balaban J connectivity index is 1.64. The number of hydrogen-bond donors (Lipinski definition) is 1. The summed E-state index contributed by atoms with van der Waals surface area (Å²) in [7, 11) is 0. The Kier molecular flexibility index (Phi) is 5.46. The van der Waals surface area contributed by atoms with Crippen molar-refractivity contribution in [1.29, 1.82) is 0 Å². The molecule has 2 aromatic carbocycles. The number of carbonyl (C=O) groups is 1. The predicted molar refractivity (Wildman–Crippen MR) is 99.1 cm³/mol. The molecule has 4 nitrogen and oxygen atoms in total. The fourth-order valence-corrected chi connectivity index (χ4v) is 3.16. The molecule has 0 unspecified atom stereocenters. The Labute approximate surface area is 150 Å². The zero-order chi connectivity index (χ0) is 17.6. The van der Waals surface area contributed by atoms with E-state index in [4.69, 9.17) is 4.74 Å². The normalized spacial score (nSPS) is 11.9. The molecular formula is C20H19NO3S. The maximum absolute atomic E-state index is 11.5. The summed E-state index contributed by atoms with van der Waals surface area (Å²) in [5, 5.41) is 12.4. The minimum absolute atomic E-state index is 0.423. The molecule has 0 aliphatic rings. The first kappa shape index (κ1) is 17.2. The van der Waals surface area contributed by atoms with Crippen molar-refractivity contribution in [2.75, 3.05) is 0 Å². The highest BCUT2D eigenvalue weighted by atomic mass is 32.1. The molecule has 3 rings (SSSR count). The molecule has 1 heterocycles. The molecule has 0 aliphatic heterocycles. The second kappa shape index (κ2) is 7.94. The second-order valence-corrected chi connectivity index (χ2v) is 6.81. The van der Waals surface area contributed by atoms with Crippen LogP contribution >= 0.6 is 11.3 Å². The predicted octanol–water partition coefficient (Wildman–Crippen LogP) is 4.58. The van der Waals surface area contributed by atoms with Crippen LogP contribution in [0.1, 0.15) is 17.0 Å². The summed E-state index contributed by atoms with van der Waals surface area (Å²) in [5.74, 6) is -0.397. The van der Waals surface area contributed by atoms with Crippen molar-refractivity contribution in [3.05, 3.63) is 70.5 Å². The highest BCUT2D eigenvalue weighted by molar-refractivity contribution is 7.09. The van der Waals surface area contributed by atoms with Gasteiger partial charge in [0.2, 0.25) is 0 Å². The zero-order valence-corrected chi connectivity index (χ0v) is 14.7.